The highest BCUT2D eigenvalue weighted by atomic mass is 32.2. The van der Waals surface area contributed by atoms with Crippen LogP contribution in [-0.4, -0.2) is 32.5 Å². The number of hydrogen-bond donors (Lipinski definition) is 0. The maximum absolute atomic E-state index is 10.9. The van der Waals surface area contributed by atoms with Gasteiger partial charge >= 0.3 is 5.97 Å². The van der Waals surface area contributed by atoms with Crippen molar-refractivity contribution in [2.75, 3.05) is 18.1 Å². The highest BCUT2D eigenvalue weighted by molar-refractivity contribution is 7.92. The van der Waals surface area contributed by atoms with E-state index in [0.717, 1.165) is 0 Å². The van der Waals surface area contributed by atoms with Crippen LogP contribution in [-0.2, 0) is 19.4 Å². The smallest absolute Gasteiger partial charge is 0.321 e. The predicted molar refractivity (Wildman–Crippen MR) is 44.1 cm³/mol. The first-order valence-corrected chi connectivity index (χ1v) is 5.13. The van der Waals surface area contributed by atoms with E-state index in [0.29, 0.717) is 0 Å². The summed E-state index contributed by atoms with van der Waals surface area (Å²) in [6.07, 6.45) is 4.78. The molecule has 0 bridgehead atoms. The molecule has 0 aromatic carbocycles. The van der Waals surface area contributed by atoms with E-state index in [4.69, 9.17) is 6.42 Å². The normalized spacial score (nSPS) is 10.3. The molecule has 0 amide bonds. The Labute approximate surface area is 71.8 Å². The fourth-order valence-corrected chi connectivity index (χ4v) is 1.36. The predicted octanol–water partition coefficient (Wildman–Crippen LogP) is -0.402. The van der Waals surface area contributed by atoms with E-state index >= 15 is 0 Å². The molecule has 0 aromatic rings. The van der Waals surface area contributed by atoms with Crippen LogP contribution in [0.25, 0.3) is 0 Å². The van der Waals surface area contributed by atoms with Gasteiger partial charge < -0.3 is 4.74 Å². The van der Waals surface area contributed by atoms with Gasteiger partial charge in [0.2, 0.25) is 0 Å². The summed E-state index contributed by atoms with van der Waals surface area (Å²) in [5.74, 6) is 0.144. The minimum absolute atomic E-state index is 0.171. The Morgan fingerprint density at radius 1 is 1.58 bits per heavy atom. The van der Waals surface area contributed by atoms with Crippen LogP contribution in [0.1, 0.15) is 6.92 Å². The van der Waals surface area contributed by atoms with Gasteiger partial charge in [0, 0.05) is 0 Å². The number of terminal acetylenes is 1. The first kappa shape index (κ1) is 11.0. The Balaban J connectivity index is 4.09. The number of carbonyl (C=O) groups excluding carboxylic acids is 1. The Kier molecular flexibility index (Phi) is 4.37. The summed E-state index contributed by atoms with van der Waals surface area (Å²) in [4.78, 5) is 10.7. The third-order valence-electron chi connectivity index (χ3n) is 0.946. The van der Waals surface area contributed by atoms with E-state index in [1.165, 1.54) is 0 Å². The average Bonchev–Trinajstić information content (AvgIpc) is 1.85. The lowest BCUT2D eigenvalue weighted by molar-refractivity contribution is -0.139. The van der Waals surface area contributed by atoms with Gasteiger partial charge in [0.05, 0.1) is 6.61 Å². The fraction of sp³-hybridized carbons (Fsp3) is 0.571. The van der Waals surface area contributed by atoms with Crippen LogP contribution in [0, 0.1) is 12.3 Å². The zero-order chi connectivity index (χ0) is 9.61. The van der Waals surface area contributed by atoms with E-state index in [-0.39, 0.29) is 6.61 Å². The standard InChI is InChI=1S/C7H10O4S/c1-3-5-12(9,10)6-7(8)11-4-2/h1H,4-6H2,2H3. The molecule has 68 valence electrons. The van der Waals surface area contributed by atoms with Crippen LogP contribution in [0.3, 0.4) is 0 Å². The average molecular weight is 190 g/mol. The molecule has 0 unspecified atom stereocenters. The molecule has 12 heavy (non-hydrogen) atoms. The summed E-state index contributed by atoms with van der Waals surface area (Å²) in [6, 6.07) is 0. The zero-order valence-corrected chi connectivity index (χ0v) is 7.56. The second kappa shape index (κ2) is 4.78. The third-order valence-corrected chi connectivity index (χ3v) is 2.23. The van der Waals surface area contributed by atoms with Gasteiger partial charge in [0.25, 0.3) is 0 Å². The van der Waals surface area contributed by atoms with E-state index in [9.17, 15) is 13.2 Å². The van der Waals surface area contributed by atoms with Crippen LogP contribution in [0.5, 0.6) is 0 Å². The van der Waals surface area contributed by atoms with E-state index < -0.39 is 27.3 Å². The number of sulfone groups is 1. The molecule has 0 saturated heterocycles. The van der Waals surface area contributed by atoms with Crippen molar-refractivity contribution in [3.05, 3.63) is 0 Å². The molecule has 0 aromatic heterocycles. The largest absolute Gasteiger partial charge is 0.465 e. The highest BCUT2D eigenvalue weighted by Gasteiger charge is 2.15. The maximum atomic E-state index is 10.9. The van der Waals surface area contributed by atoms with Crippen LogP contribution < -0.4 is 0 Å². The van der Waals surface area contributed by atoms with Gasteiger partial charge in [0.1, 0.15) is 11.5 Å². The minimum atomic E-state index is -3.46. The molecule has 0 N–H and O–H groups in total. The van der Waals surface area contributed by atoms with Crippen LogP contribution in [0.2, 0.25) is 0 Å². The Hall–Kier alpha value is -1.02. The topological polar surface area (TPSA) is 60.4 Å². The number of hydrogen-bond acceptors (Lipinski definition) is 4. The van der Waals surface area contributed by atoms with E-state index in [2.05, 4.69) is 4.74 Å². The molecule has 0 fully saturated rings. The van der Waals surface area contributed by atoms with Crippen LogP contribution >= 0.6 is 0 Å². The maximum Gasteiger partial charge on any atom is 0.321 e. The molecule has 0 rings (SSSR count). The second-order valence-corrected chi connectivity index (χ2v) is 4.11. The monoisotopic (exact) mass is 190 g/mol. The van der Waals surface area contributed by atoms with Crippen molar-refractivity contribution in [2.24, 2.45) is 0 Å². The zero-order valence-electron chi connectivity index (χ0n) is 6.74. The lowest BCUT2D eigenvalue weighted by atomic mass is 10.8. The highest BCUT2D eigenvalue weighted by Crippen LogP contribution is 1.91. The first-order chi connectivity index (χ1) is 5.52. The van der Waals surface area contributed by atoms with Crippen molar-refractivity contribution < 1.29 is 17.9 Å². The second-order valence-electron chi connectivity index (χ2n) is 2.04. The van der Waals surface area contributed by atoms with Crippen molar-refractivity contribution in [3.8, 4) is 12.3 Å². The molecule has 0 atom stereocenters. The van der Waals surface area contributed by atoms with Crippen molar-refractivity contribution in [2.45, 2.75) is 6.92 Å². The molecule has 0 radical (unpaired) electrons. The fourth-order valence-electron chi connectivity index (χ4n) is 0.560. The van der Waals surface area contributed by atoms with Gasteiger partial charge in [-0.15, -0.1) is 6.42 Å². The van der Waals surface area contributed by atoms with Gasteiger partial charge in [-0.3, -0.25) is 4.79 Å². The molecule has 0 saturated carbocycles. The molecule has 0 aliphatic heterocycles. The molecule has 0 heterocycles. The van der Waals surface area contributed by atoms with Crippen molar-refractivity contribution >= 4 is 15.8 Å². The van der Waals surface area contributed by atoms with Crippen LogP contribution in [0.4, 0.5) is 0 Å². The van der Waals surface area contributed by atoms with Gasteiger partial charge in [-0.05, 0) is 6.92 Å². The molecule has 0 aliphatic carbocycles. The molecule has 4 nitrogen and oxygen atoms in total. The van der Waals surface area contributed by atoms with Crippen molar-refractivity contribution in [1.82, 2.24) is 0 Å². The number of ether oxygens (including phenoxy) is 1. The SMILES string of the molecule is C#CCS(=O)(=O)CC(=O)OCC. The number of carbonyl (C=O) groups is 1. The van der Waals surface area contributed by atoms with Crippen molar-refractivity contribution in [1.29, 1.82) is 0 Å². The van der Waals surface area contributed by atoms with Crippen molar-refractivity contribution in [3.63, 3.8) is 0 Å². The number of rotatable bonds is 4. The lowest BCUT2D eigenvalue weighted by Gasteiger charge is -2.00. The van der Waals surface area contributed by atoms with E-state index in [1.807, 2.05) is 5.92 Å². The third kappa shape index (κ3) is 4.74. The molecule has 5 heteroatoms. The van der Waals surface area contributed by atoms with Crippen LogP contribution in [0.15, 0.2) is 0 Å². The minimum Gasteiger partial charge on any atom is -0.465 e. The Morgan fingerprint density at radius 2 is 2.17 bits per heavy atom. The summed E-state index contributed by atoms with van der Waals surface area (Å²) in [5.41, 5.74) is 0. The summed E-state index contributed by atoms with van der Waals surface area (Å²) in [6.45, 7) is 1.77. The summed E-state index contributed by atoms with van der Waals surface area (Å²) < 4.78 is 26.2. The molecule has 0 spiro atoms. The molecule has 0 aliphatic rings. The summed E-state index contributed by atoms with van der Waals surface area (Å²) in [7, 11) is -3.46. The lowest BCUT2D eigenvalue weighted by Crippen LogP contribution is -2.20. The molecular formula is C7H10O4S. The summed E-state index contributed by atoms with van der Waals surface area (Å²) in [5, 5.41) is 0. The van der Waals surface area contributed by atoms with Gasteiger partial charge in [-0.2, -0.15) is 0 Å². The number of esters is 1. The van der Waals surface area contributed by atoms with E-state index in [1.54, 1.807) is 6.92 Å². The summed E-state index contributed by atoms with van der Waals surface area (Å²) >= 11 is 0. The quantitative estimate of drug-likeness (QED) is 0.447. The Morgan fingerprint density at radius 3 is 2.58 bits per heavy atom. The van der Waals surface area contributed by atoms with Gasteiger partial charge in [-0.25, -0.2) is 8.42 Å². The first-order valence-electron chi connectivity index (χ1n) is 3.31. The Bertz CT molecular complexity index is 283. The molecular weight excluding hydrogens is 180 g/mol. The van der Waals surface area contributed by atoms with Gasteiger partial charge in [0.15, 0.2) is 9.84 Å². The van der Waals surface area contributed by atoms with Gasteiger partial charge in [-0.1, -0.05) is 5.92 Å².